The van der Waals surface area contributed by atoms with Gasteiger partial charge in [0.15, 0.2) is 0 Å². The monoisotopic (exact) mass is 757 g/mol. The lowest BCUT2D eigenvalue weighted by Crippen LogP contribution is -2.38. The highest BCUT2D eigenvalue weighted by atomic mass is 32.1. The molecule has 0 fully saturated rings. The van der Waals surface area contributed by atoms with Crippen molar-refractivity contribution >= 4 is 45.4 Å². The van der Waals surface area contributed by atoms with Gasteiger partial charge in [-0.05, 0) is 111 Å². The normalized spacial score (nSPS) is 11.8. The predicted molar refractivity (Wildman–Crippen MR) is 217 cm³/mol. The van der Waals surface area contributed by atoms with E-state index in [9.17, 15) is 14.7 Å². The number of hydrazone groups is 1. The summed E-state index contributed by atoms with van der Waals surface area (Å²) < 4.78 is 23.1. The standard InChI is InChI=1S/C44H43N3O7S/c1-43(2,51-5)28-44(3,4)54-37-19-15-31(16-20-37)40(49)52-23-22-29-10-21-39(53-41(50)32-13-17-36(48)18-14-32)35(24-29)26-45-47-42-46-38(27-55-42)34-12-11-30-8-6-7-9-33(30)25-34/h6-21,24-27,48H,22-23,28H2,1-5H3,(H,46,47)/b45-26+. The second-order valence-electron chi connectivity index (χ2n) is 14.2. The summed E-state index contributed by atoms with van der Waals surface area (Å²) in [5, 5.41) is 18.9. The van der Waals surface area contributed by atoms with E-state index < -0.39 is 17.5 Å². The number of anilines is 1. The number of fused-ring (bicyclic) bond motifs is 1. The fourth-order valence-electron chi connectivity index (χ4n) is 6.12. The van der Waals surface area contributed by atoms with Crippen molar-refractivity contribution in [2.24, 2.45) is 5.10 Å². The van der Waals surface area contributed by atoms with Crippen LogP contribution < -0.4 is 14.9 Å². The highest BCUT2D eigenvalue weighted by Crippen LogP contribution is 2.30. The van der Waals surface area contributed by atoms with Gasteiger partial charge < -0.3 is 24.1 Å². The van der Waals surface area contributed by atoms with E-state index in [2.05, 4.69) is 34.8 Å². The third kappa shape index (κ3) is 10.6. The van der Waals surface area contributed by atoms with Crippen LogP contribution in [-0.4, -0.2) is 53.2 Å². The van der Waals surface area contributed by atoms with E-state index >= 15 is 0 Å². The second kappa shape index (κ2) is 17.0. The maximum Gasteiger partial charge on any atom is 0.343 e. The van der Waals surface area contributed by atoms with Crippen molar-refractivity contribution in [2.45, 2.75) is 51.7 Å². The first kappa shape index (κ1) is 38.7. The number of aromatic hydroxyl groups is 1. The molecule has 282 valence electrons. The van der Waals surface area contributed by atoms with Gasteiger partial charge in [0.05, 0.1) is 35.2 Å². The summed E-state index contributed by atoms with van der Waals surface area (Å²) in [5.74, 6) is -0.0917. The highest BCUT2D eigenvalue weighted by Gasteiger charge is 2.30. The quantitative estimate of drug-likeness (QED) is 0.0455. The molecule has 0 aliphatic heterocycles. The number of phenolic OH excluding ortho intramolecular Hbond substituents is 1. The minimum absolute atomic E-state index is 0.0412. The Balaban J connectivity index is 1.11. The molecule has 1 heterocycles. The molecule has 0 aliphatic carbocycles. The van der Waals surface area contributed by atoms with Gasteiger partial charge in [-0.2, -0.15) is 5.10 Å². The van der Waals surface area contributed by atoms with Crippen LogP contribution in [-0.2, 0) is 15.9 Å². The number of thiazole rings is 1. The van der Waals surface area contributed by atoms with Crippen LogP contribution in [0, 0.1) is 0 Å². The van der Waals surface area contributed by atoms with Crippen molar-refractivity contribution in [1.82, 2.24) is 4.98 Å². The number of nitrogens with one attached hydrogen (secondary N) is 1. The molecular formula is C44H43N3O7S. The van der Waals surface area contributed by atoms with Gasteiger partial charge >= 0.3 is 11.9 Å². The molecule has 0 spiro atoms. The number of hydrogen-bond acceptors (Lipinski definition) is 11. The number of carbonyl (C=O) groups is 2. The molecule has 0 bridgehead atoms. The number of hydrogen-bond donors (Lipinski definition) is 2. The summed E-state index contributed by atoms with van der Waals surface area (Å²) in [4.78, 5) is 30.6. The molecule has 0 atom stereocenters. The first-order valence-electron chi connectivity index (χ1n) is 17.8. The summed E-state index contributed by atoms with van der Waals surface area (Å²) >= 11 is 1.42. The molecule has 55 heavy (non-hydrogen) atoms. The number of ether oxygens (including phenoxy) is 4. The Morgan fingerprint density at radius 2 is 1.55 bits per heavy atom. The molecule has 5 aromatic carbocycles. The van der Waals surface area contributed by atoms with Gasteiger partial charge in [0, 0.05) is 36.5 Å². The van der Waals surface area contributed by atoms with Crippen LogP contribution in [0.15, 0.2) is 120 Å². The van der Waals surface area contributed by atoms with E-state index in [1.54, 1.807) is 49.7 Å². The molecule has 0 aliphatic rings. The van der Waals surface area contributed by atoms with Crippen molar-refractivity contribution in [3.63, 3.8) is 0 Å². The van der Waals surface area contributed by atoms with Gasteiger partial charge in [-0.1, -0.05) is 42.5 Å². The zero-order valence-corrected chi connectivity index (χ0v) is 32.2. The summed E-state index contributed by atoms with van der Waals surface area (Å²) in [6.07, 6.45) is 2.62. The van der Waals surface area contributed by atoms with Crippen molar-refractivity contribution in [2.75, 3.05) is 19.1 Å². The third-order valence-corrected chi connectivity index (χ3v) is 9.55. The number of aromatic nitrogens is 1. The van der Waals surface area contributed by atoms with Crippen LogP contribution in [0.4, 0.5) is 5.13 Å². The average Bonchev–Trinajstić information content (AvgIpc) is 3.64. The van der Waals surface area contributed by atoms with Gasteiger partial charge in [0.1, 0.15) is 22.8 Å². The van der Waals surface area contributed by atoms with E-state index in [-0.39, 0.29) is 29.3 Å². The molecule has 6 aromatic rings. The minimum atomic E-state index is -0.594. The van der Waals surface area contributed by atoms with Crippen molar-refractivity contribution in [3.05, 3.63) is 137 Å². The maximum absolute atomic E-state index is 13.0. The molecule has 10 nitrogen and oxygen atoms in total. The van der Waals surface area contributed by atoms with Gasteiger partial charge in [0.25, 0.3) is 0 Å². The zero-order valence-electron chi connectivity index (χ0n) is 31.4. The van der Waals surface area contributed by atoms with Crippen molar-refractivity contribution in [3.8, 4) is 28.5 Å². The second-order valence-corrected chi connectivity index (χ2v) is 15.0. The fraction of sp³-hybridized carbons (Fsp3) is 0.227. The molecule has 0 radical (unpaired) electrons. The third-order valence-electron chi connectivity index (χ3n) is 8.81. The summed E-state index contributed by atoms with van der Waals surface area (Å²) in [6.45, 7) is 8.14. The topological polar surface area (TPSA) is 129 Å². The lowest BCUT2D eigenvalue weighted by atomic mass is 9.92. The maximum atomic E-state index is 13.0. The number of benzene rings is 5. The molecule has 0 amide bonds. The number of rotatable bonds is 15. The SMILES string of the molecule is COC(C)(C)CC(C)(C)Oc1ccc(C(=O)OCCc2ccc(OC(=O)c3ccc(O)cc3)c(/C=N/Nc3nc(-c4ccc5ccccc5c4)cs3)c2)cc1. The Hall–Kier alpha value is -6.04. The number of carbonyl (C=O) groups excluding carboxylic acids is 2. The van der Waals surface area contributed by atoms with Gasteiger partial charge in [-0.25, -0.2) is 14.6 Å². The van der Waals surface area contributed by atoms with Crippen molar-refractivity contribution < 1.29 is 33.6 Å². The Morgan fingerprint density at radius 1 is 0.836 bits per heavy atom. The van der Waals surface area contributed by atoms with Crippen LogP contribution >= 0.6 is 11.3 Å². The molecule has 11 heteroatoms. The van der Waals surface area contributed by atoms with E-state index in [0.29, 0.717) is 34.8 Å². The van der Waals surface area contributed by atoms with Crippen LogP contribution in [0.2, 0.25) is 0 Å². The van der Waals surface area contributed by atoms with E-state index in [1.165, 1.54) is 35.6 Å². The number of methoxy groups -OCH3 is 1. The number of esters is 2. The Bertz CT molecular complexity index is 2300. The summed E-state index contributed by atoms with van der Waals surface area (Å²) in [6, 6.07) is 32.4. The largest absolute Gasteiger partial charge is 0.508 e. The van der Waals surface area contributed by atoms with Crippen LogP contribution in [0.5, 0.6) is 17.2 Å². The van der Waals surface area contributed by atoms with Gasteiger partial charge in [-0.15, -0.1) is 11.3 Å². The van der Waals surface area contributed by atoms with E-state index in [4.69, 9.17) is 23.9 Å². The Morgan fingerprint density at radius 3 is 2.29 bits per heavy atom. The first-order valence-corrected chi connectivity index (χ1v) is 18.6. The first-order chi connectivity index (χ1) is 26.4. The number of nitrogens with zero attached hydrogens (tertiary/aromatic N) is 2. The molecule has 2 N–H and O–H groups in total. The summed E-state index contributed by atoms with van der Waals surface area (Å²) in [5.41, 5.74) is 6.01. The average molecular weight is 758 g/mol. The lowest BCUT2D eigenvalue weighted by Gasteiger charge is -2.34. The van der Waals surface area contributed by atoms with Gasteiger partial charge in [-0.3, -0.25) is 5.43 Å². The Kier molecular flexibility index (Phi) is 11.9. The predicted octanol–water partition coefficient (Wildman–Crippen LogP) is 9.71. The van der Waals surface area contributed by atoms with Crippen LogP contribution in [0.3, 0.4) is 0 Å². The van der Waals surface area contributed by atoms with E-state index in [1.807, 2.05) is 57.3 Å². The van der Waals surface area contributed by atoms with Crippen LogP contribution in [0.25, 0.3) is 22.0 Å². The molecule has 0 saturated carbocycles. The minimum Gasteiger partial charge on any atom is -0.508 e. The molecule has 1 aromatic heterocycles. The molecule has 0 unspecified atom stereocenters. The zero-order chi connectivity index (χ0) is 39.0. The number of phenols is 1. The molecular weight excluding hydrogens is 715 g/mol. The highest BCUT2D eigenvalue weighted by molar-refractivity contribution is 7.14. The molecule has 6 rings (SSSR count). The fourth-order valence-corrected chi connectivity index (χ4v) is 6.79. The Labute approximate surface area is 324 Å². The smallest absolute Gasteiger partial charge is 0.343 e. The van der Waals surface area contributed by atoms with Crippen LogP contribution in [0.1, 0.15) is 66.0 Å². The van der Waals surface area contributed by atoms with Crippen molar-refractivity contribution in [1.29, 1.82) is 0 Å². The lowest BCUT2D eigenvalue weighted by molar-refractivity contribution is -0.0402. The van der Waals surface area contributed by atoms with Gasteiger partial charge in [0.2, 0.25) is 5.13 Å². The van der Waals surface area contributed by atoms with E-state index in [0.717, 1.165) is 27.6 Å². The molecule has 0 saturated heterocycles. The summed E-state index contributed by atoms with van der Waals surface area (Å²) in [7, 11) is 1.68.